The maximum absolute atomic E-state index is 9.92. The molecule has 1 atom stereocenters. The second-order valence-corrected chi connectivity index (χ2v) is 3.86. The Morgan fingerprint density at radius 1 is 1.44 bits per heavy atom. The van der Waals surface area contributed by atoms with E-state index in [0.29, 0.717) is 6.42 Å². The topological polar surface area (TPSA) is 50.9 Å². The summed E-state index contributed by atoms with van der Waals surface area (Å²) in [5.41, 5.74) is 2.01. The van der Waals surface area contributed by atoms with E-state index in [1.165, 1.54) is 0 Å². The van der Waals surface area contributed by atoms with Gasteiger partial charge in [0.2, 0.25) is 0 Å². The summed E-state index contributed by atoms with van der Waals surface area (Å²) in [5.74, 6) is 0. The van der Waals surface area contributed by atoms with Crippen LogP contribution in [0.3, 0.4) is 0 Å². The van der Waals surface area contributed by atoms with Gasteiger partial charge in [0.15, 0.2) is 0 Å². The molecule has 0 aromatic carbocycles. The van der Waals surface area contributed by atoms with Crippen LogP contribution in [0.15, 0.2) is 36.9 Å². The molecule has 16 heavy (non-hydrogen) atoms. The Bertz CT molecular complexity index is 439. The van der Waals surface area contributed by atoms with Crippen LogP contribution >= 0.6 is 0 Å². The van der Waals surface area contributed by atoms with E-state index in [9.17, 15) is 5.11 Å². The molecule has 4 nitrogen and oxygen atoms in total. The van der Waals surface area contributed by atoms with Gasteiger partial charge in [0.25, 0.3) is 0 Å². The van der Waals surface area contributed by atoms with Crippen LogP contribution < -0.4 is 0 Å². The summed E-state index contributed by atoms with van der Waals surface area (Å²) in [4.78, 5) is 3.99. The van der Waals surface area contributed by atoms with Gasteiger partial charge in [0, 0.05) is 25.6 Å². The normalized spacial score (nSPS) is 12.6. The van der Waals surface area contributed by atoms with E-state index < -0.39 is 6.10 Å². The maximum atomic E-state index is 9.92. The van der Waals surface area contributed by atoms with Crippen molar-refractivity contribution in [2.75, 3.05) is 0 Å². The van der Waals surface area contributed by atoms with Crippen molar-refractivity contribution in [1.29, 1.82) is 0 Å². The molecule has 84 valence electrons. The van der Waals surface area contributed by atoms with E-state index in [4.69, 9.17) is 0 Å². The summed E-state index contributed by atoms with van der Waals surface area (Å²) in [7, 11) is 1.89. The van der Waals surface area contributed by atoms with Crippen LogP contribution in [0.1, 0.15) is 23.7 Å². The van der Waals surface area contributed by atoms with Gasteiger partial charge in [-0.2, -0.15) is 5.10 Å². The third-order valence-corrected chi connectivity index (χ3v) is 2.53. The highest BCUT2D eigenvalue weighted by Gasteiger charge is 2.07. The minimum absolute atomic E-state index is 0.450. The lowest BCUT2D eigenvalue weighted by atomic mass is 10.0. The van der Waals surface area contributed by atoms with Crippen molar-refractivity contribution in [3.05, 3.63) is 48.0 Å². The predicted molar refractivity (Wildman–Crippen MR) is 60.7 cm³/mol. The molecule has 1 unspecified atom stereocenters. The van der Waals surface area contributed by atoms with Crippen LogP contribution in [-0.2, 0) is 13.5 Å². The zero-order chi connectivity index (χ0) is 11.4. The lowest BCUT2D eigenvalue weighted by Gasteiger charge is -2.08. The monoisotopic (exact) mass is 217 g/mol. The second kappa shape index (κ2) is 4.90. The minimum Gasteiger partial charge on any atom is -0.388 e. The molecule has 0 saturated heterocycles. The molecule has 0 aliphatic heterocycles. The number of rotatable bonds is 4. The summed E-state index contributed by atoms with van der Waals surface area (Å²) in [5, 5.41) is 14.0. The van der Waals surface area contributed by atoms with Crippen LogP contribution in [-0.4, -0.2) is 19.9 Å². The van der Waals surface area contributed by atoms with Gasteiger partial charge in [-0.05, 0) is 30.0 Å². The van der Waals surface area contributed by atoms with Gasteiger partial charge in [-0.1, -0.05) is 6.07 Å². The van der Waals surface area contributed by atoms with Crippen molar-refractivity contribution in [3.63, 3.8) is 0 Å². The minimum atomic E-state index is -0.450. The molecule has 0 amide bonds. The molecule has 0 aliphatic rings. The van der Waals surface area contributed by atoms with Gasteiger partial charge < -0.3 is 5.11 Å². The molecular formula is C12H15N3O. The van der Waals surface area contributed by atoms with Gasteiger partial charge >= 0.3 is 0 Å². The Balaban J connectivity index is 1.91. The average Bonchev–Trinajstić information content (AvgIpc) is 2.73. The SMILES string of the molecule is Cn1cc(CCC(O)c2cccnc2)cn1. The molecule has 2 rings (SSSR count). The van der Waals surface area contributed by atoms with Crippen molar-refractivity contribution in [1.82, 2.24) is 14.8 Å². The van der Waals surface area contributed by atoms with Gasteiger partial charge in [0.1, 0.15) is 0 Å². The first kappa shape index (κ1) is 10.8. The summed E-state index contributed by atoms with van der Waals surface area (Å²) >= 11 is 0. The van der Waals surface area contributed by atoms with E-state index >= 15 is 0 Å². The quantitative estimate of drug-likeness (QED) is 0.844. The van der Waals surface area contributed by atoms with Gasteiger partial charge in [-0.3, -0.25) is 9.67 Å². The summed E-state index contributed by atoms with van der Waals surface area (Å²) < 4.78 is 1.77. The molecule has 2 heterocycles. The van der Waals surface area contributed by atoms with E-state index in [0.717, 1.165) is 17.5 Å². The molecule has 0 aliphatic carbocycles. The number of aliphatic hydroxyl groups is 1. The molecule has 0 saturated carbocycles. The molecule has 0 bridgehead atoms. The smallest absolute Gasteiger partial charge is 0.0808 e. The molecule has 0 spiro atoms. The first-order valence-electron chi connectivity index (χ1n) is 5.31. The maximum Gasteiger partial charge on any atom is 0.0808 e. The fourth-order valence-corrected chi connectivity index (χ4v) is 1.64. The first-order valence-corrected chi connectivity index (χ1v) is 5.31. The van der Waals surface area contributed by atoms with Gasteiger partial charge in [0.05, 0.1) is 12.3 Å². The van der Waals surface area contributed by atoms with Crippen molar-refractivity contribution in [2.45, 2.75) is 18.9 Å². The van der Waals surface area contributed by atoms with Crippen LogP contribution in [0.25, 0.3) is 0 Å². The molecule has 2 aromatic rings. The average molecular weight is 217 g/mol. The Labute approximate surface area is 94.6 Å². The van der Waals surface area contributed by atoms with Crippen molar-refractivity contribution < 1.29 is 5.11 Å². The highest BCUT2D eigenvalue weighted by Crippen LogP contribution is 2.17. The number of aromatic nitrogens is 3. The Morgan fingerprint density at radius 2 is 2.31 bits per heavy atom. The summed E-state index contributed by atoms with van der Waals surface area (Å²) in [6, 6.07) is 3.73. The predicted octanol–water partition coefficient (Wildman–Crippen LogP) is 1.48. The highest BCUT2D eigenvalue weighted by atomic mass is 16.3. The Kier molecular flexibility index (Phi) is 3.31. The summed E-state index contributed by atoms with van der Waals surface area (Å²) in [6.45, 7) is 0. The van der Waals surface area contributed by atoms with E-state index in [-0.39, 0.29) is 0 Å². The highest BCUT2D eigenvalue weighted by molar-refractivity contribution is 5.13. The largest absolute Gasteiger partial charge is 0.388 e. The van der Waals surface area contributed by atoms with Crippen LogP contribution in [0, 0.1) is 0 Å². The van der Waals surface area contributed by atoms with E-state index in [1.54, 1.807) is 17.1 Å². The van der Waals surface area contributed by atoms with Crippen LogP contribution in [0.2, 0.25) is 0 Å². The van der Waals surface area contributed by atoms with Crippen LogP contribution in [0.4, 0.5) is 0 Å². The van der Waals surface area contributed by atoms with E-state index in [2.05, 4.69) is 10.1 Å². The lowest BCUT2D eigenvalue weighted by molar-refractivity contribution is 0.167. The molecule has 1 N–H and O–H groups in total. The number of aryl methyl sites for hydroxylation is 2. The fourth-order valence-electron chi connectivity index (χ4n) is 1.64. The number of aliphatic hydroxyl groups excluding tert-OH is 1. The Hall–Kier alpha value is -1.68. The zero-order valence-corrected chi connectivity index (χ0v) is 9.24. The van der Waals surface area contributed by atoms with E-state index in [1.807, 2.05) is 31.6 Å². The first-order chi connectivity index (χ1) is 7.75. The number of hydrogen-bond acceptors (Lipinski definition) is 3. The van der Waals surface area contributed by atoms with Crippen molar-refractivity contribution in [3.8, 4) is 0 Å². The second-order valence-electron chi connectivity index (χ2n) is 3.86. The molecule has 0 fully saturated rings. The third-order valence-electron chi connectivity index (χ3n) is 2.53. The van der Waals surface area contributed by atoms with Gasteiger partial charge in [-0.25, -0.2) is 0 Å². The molecule has 4 heteroatoms. The standard InChI is InChI=1S/C12H15N3O/c1-15-9-10(7-14-15)4-5-12(16)11-3-2-6-13-8-11/h2-3,6-9,12,16H,4-5H2,1H3. The number of nitrogens with zero attached hydrogens (tertiary/aromatic N) is 3. The third kappa shape index (κ3) is 2.67. The van der Waals surface area contributed by atoms with Crippen molar-refractivity contribution >= 4 is 0 Å². The van der Waals surface area contributed by atoms with Gasteiger partial charge in [-0.15, -0.1) is 0 Å². The zero-order valence-electron chi connectivity index (χ0n) is 9.24. The molecule has 0 radical (unpaired) electrons. The molecular weight excluding hydrogens is 202 g/mol. The summed E-state index contributed by atoms with van der Waals surface area (Å²) in [6.07, 6.45) is 8.27. The molecule has 2 aromatic heterocycles. The van der Waals surface area contributed by atoms with Crippen LogP contribution in [0.5, 0.6) is 0 Å². The number of pyridine rings is 1. The lowest BCUT2D eigenvalue weighted by Crippen LogP contribution is -1.99. The number of hydrogen-bond donors (Lipinski definition) is 1. The van der Waals surface area contributed by atoms with Crippen molar-refractivity contribution in [2.24, 2.45) is 7.05 Å². The fraction of sp³-hybridized carbons (Fsp3) is 0.333. The Morgan fingerprint density at radius 3 is 2.94 bits per heavy atom.